The second kappa shape index (κ2) is 8.29. The lowest BCUT2D eigenvalue weighted by Gasteiger charge is -2.25. The second-order valence-electron chi connectivity index (χ2n) is 6.07. The fourth-order valence-electron chi connectivity index (χ4n) is 2.87. The number of aliphatic hydroxyl groups is 2. The van der Waals surface area contributed by atoms with Crippen LogP contribution in [0.2, 0.25) is 0 Å². The van der Waals surface area contributed by atoms with Crippen molar-refractivity contribution in [2.24, 2.45) is 0 Å². The van der Waals surface area contributed by atoms with Crippen LogP contribution in [0.1, 0.15) is 51.4 Å². The Bertz CT molecular complexity index is 365. The van der Waals surface area contributed by atoms with E-state index in [9.17, 15) is 19.8 Å². The molecule has 0 amide bonds. The molecule has 0 atom stereocenters. The van der Waals surface area contributed by atoms with Crippen LogP contribution >= 0.6 is 0 Å². The summed E-state index contributed by atoms with van der Waals surface area (Å²) in [5, 5.41) is 18.8. The largest absolute Gasteiger partial charge is 0.459 e. The van der Waals surface area contributed by atoms with Gasteiger partial charge in [-0.05, 0) is 51.4 Å². The Hall–Kier alpha value is -1.40. The fraction of sp³-hybridized carbons (Fsp3) is 0.750. The van der Waals surface area contributed by atoms with Gasteiger partial charge in [-0.3, -0.25) is 0 Å². The molecule has 0 heterocycles. The highest BCUT2D eigenvalue weighted by Gasteiger charge is 2.23. The van der Waals surface area contributed by atoms with Crippen LogP contribution in [0.5, 0.6) is 0 Å². The van der Waals surface area contributed by atoms with Gasteiger partial charge < -0.3 is 19.7 Å². The monoisotopic (exact) mass is 312 g/mol. The van der Waals surface area contributed by atoms with Gasteiger partial charge in [-0.15, -0.1) is 0 Å². The summed E-state index contributed by atoms with van der Waals surface area (Å²) in [7, 11) is 0. The Kier molecular flexibility index (Phi) is 6.39. The van der Waals surface area contributed by atoms with Crippen molar-refractivity contribution in [3.63, 3.8) is 0 Å². The minimum Gasteiger partial charge on any atom is -0.459 e. The third kappa shape index (κ3) is 5.77. The summed E-state index contributed by atoms with van der Waals surface area (Å²) in [6, 6.07) is 0. The van der Waals surface area contributed by atoms with E-state index in [1.165, 1.54) is 0 Å². The Labute approximate surface area is 130 Å². The van der Waals surface area contributed by atoms with E-state index < -0.39 is 11.9 Å². The zero-order chi connectivity index (χ0) is 15.9. The highest BCUT2D eigenvalue weighted by atomic mass is 16.5. The van der Waals surface area contributed by atoms with Gasteiger partial charge >= 0.3 is 11.9 Å². The van der Waals surface area contributed by atoms with Crippen molar-refractivity contribution < 1.29 is 29.3 Å². The van der Waals surface area contributed by atoms with Gasteiger partial charge in [0.1, 0.15) is 12.2 Å². The summed E-state index contributed by atoms with van der Waals surface area (Å²) in [5.74, 6) is -1.12. The number of aliphatic hydroxyl groups excluding tert-OH is 2. The van der Waals surface area contributed by atoms with Crippen LogP contribution in [-0.2, 0) is 19.1 Å². The van der Waals surface area contributed by atoms with Gasteiger partial charge in [0, 0.05) is 12.2 Å². The number of ether oxygens (including phenoxy) is 2. The molecule has 0 saturated heterocycles. The van der Waals surface area contributed by atoms with Gasteiger partial charge in [0.15, 0.2) is 0 Å². The first-order chi connectivity index (χ1) is 10.5. The van der Waals surface area contributed by atoms with Gasteiger partial charge in [0.05, 0.1) is 12.2 Å². The van der Waals surface area contributed by atoms with Gasteiger partial charge in [0.2, 0.25) is 0 Å². The predicted octanol–water partition coefficient (Wildman–Crippen LogP) is 1.24. The molecule has 0 aromatic rings. The Balaban J connectivity index is 1.67. The van der Waals surface area contributed by atoms with Crippen molar-refractivity contribution in [1.82, 2.24) is 0 Å². The smallest absolute Gasteiger partial charge is 0.331 e. The predicted molar refractivity (Wildman–Crippen MR) is 77.8 cm³/mol. The maximum atomic E-state index is 11.6. The van der Waals surface area contributed by atoms with Gasteiger partial charge in [-0.1, -0.05) is 0 Å². The summed E-state index contributed by atoms with van der Waals surface area (Å²) < 4.78 is 10.4. The van der Waals surface area contributed by atoms with Crippen molar-refractivity contribution in [1.29, 1.82) is 0 Å². The summed E-state index contributed by atoms with van der Waals surface area (Å²) in [6.45, 7) is 0. The van der Waals surface area contributed by atoms with E-state index in [0.29, 0.717) is 51.4 Å². The molecule has 2 rings (SSSR count). The molecule has 2 N–H and O–H groups in total. The topological polar surface area (TPSA) is 93.1 Å². The molecule has 6 heteroatoms. The molecular weight excluding hydrogens is 288 g/mol. The minimum absolute atomic E-state index is 0.184. The molecule has 2 aliphatic carbocycles. The zero-order valence-electron chi connectivity index (χ0n) is 12.6. The summed E-state index contributed by atoms with van der Waals surface area (Å²) >= 11 is 0. The summed E-state index contributed by atoms with van der Waals surface area (Å²) in [6.07, 6.45) is 6.35. The Morgan fingerprint density at radius 1 is 0.682 bits per heavy atom. The first kappa shape index (κ1) is 17.0. The maximum Gasteiger partial charge on any atom is 0.331 e. The number of carbonyl (C=O) groups is 2. The fourth-order valence-corrected chi connectivity index (χ4v) is 2.87. The maximum absolute atomic E-state index is 11.6. The van der Waals surface area contributed by atoms with Crippen LogP contribution in [0.3, 0.4) is 0 Å². The first-order valence-corrected chi connectivity index (χ1v) is 7.98. The van der Waals surface area contributed by atoms with E-state index in [4.69, 9.17) is 9.47 Å². The molecule has 0 aliphatic heterocycles. The van der Waals surface area contributed by atoms with E-state index in [0.717, 1.165) is 12.2 Å². The number of hydrogen-bond donors (Lipinski definition) is 2. The standard InChI is InChI=1S/C16H24O6/c17-11-1-5-13(6-2-11)21-15(19)9-10-16(20)22-14-7-3-12(18)4-8-14/h9-14,17-18H,1-8H2. The van der Waals surface area contributed by atoms with Crippen LogP contribution in [0.15, 0.2) is 12.2 Å². The molecule has 0 radical (unpaired) electrons. The molecule has 22 heavy (non-hydrogen) atoms. The Morgan fingerprint density at radius 2 is 1.00 bits per heavy atom. The van der Waals surface area contributed by atoms with Gasteiger partial charge in [-0.2, -0.15) is 0 Å². The second-order valence-corrected chi connectivity index (χ2v) is 6.07. The molecule has 0 unspecified atom stereocenters. The average molecular weight is 312 g/mol. The van der Waals surface area contributed by atoms with Gasteiger partial charge in [-0.25, -0.2) is 9.59 Å². The molecule has 2 fully saturated rings. The highest BCUT2D eigenvalue weighted by molar-refractivity contribution is 5.91. The van der Waals surface area contributed by atoms with Crippen molar-refractivity contribution in [2.45, 2.75) is 75.8 Å². The zero-order valence-corrected chi connectivity index (χ0v) is 12.6. The normalized spacial score (nSPS) is 32.6. The minimum atomic E-state index is -0.558. The van der Waals surface area contributed by atoms with Crippen LogP contribution < -0.4 is 0 Å². The van der Waals surface area contributed by atoms with Crippen LogP contribution in [0, 0.1) is 0 Å². The summed E-state index contributed by atoms with van der Waals surface area (Å²) in [4.78, 5) is 23.2. The molecule has 2 aliphatic rings. The van der Waals surface area contributed by atoms with Gasteiger partial charge in [0.25, 0.3) is 0 Å². The SMILES string of the molecule is O=C(C=CC(=O)OC1CCC(O)CC1)OC1CCC(O)CC1. The van der Waals surface area contributed by atoms with Crippen LogP contribution in [-0.4, -0.2) is 46.6 Å². The van der Waals surface area contributed by atoms with Crippen molar-refractivity contribution in [3.05, 3.63) is 12.2 Å². The Morgan fingerprint density at radius 3 is 1.32 bits per heavy atom. The lowest BCUT2D eigenvalue weighted by Crippen LogP contribution is -2.26. The van der Waals surface area contributed by atoms with Crippen LogP contribution in [0.4, 0.5) is 0 Å². The van der Waals surface area contributed by atoms with E-state index in [-0.39, 0.29) is 24.4 Å². The molecular formula is C16H24O6. The van der Waals surface area contributed by atoms with Crippen molar-refractivity contribution in [2.75, 3.05) is 0 Å². The third-order valence-corrected chi connectivity index (χ3v) is 4.21. The molecule has 0 aromatic heterocycles. The van der Waals surface area contributed by atoms with E-state index in [2.05, 4.69) is 0 Å². The number of hydrogen-bond acceptors (Lipinski definition) is 6. The molecule has 0 bridgehead atoms. The van der Waals surface area contributed by atoms with E-state index >= 15 is 0 Å². The number of carbonyl (C=O) groups excluding carboxylic acids is 2. The molecule has 0 spiro atoms. The average Bonchev–Trinajstić information content (AvgIpc) is 2.50. The lowest BCUT2D eigenvalue weighted by atomic mass is 9.95. The van der Waals surface area contributed by atoms with E-state index in [1.54, 1.807) is 0 Å². The quantitative estimate of drug-likeness (QED) is 0.599. The summed E-state index contributed by atoms with van der Waals surface area (Å²) in [5.41, 5.74) is 0. The first-order valence-electron chi connectivity index (χ1n) is 7.98. The molecule has 124 valence electrons. The van der Waals surface area contributed by atoms with E-state index in [1.807, 2.05) is 0 Å². The van der Waals surface area contributed by atoms with Crippen molar-refractivity contribution >= 4 is 11.9 Å². The molecule has 0 aromatic carbocycles. The molecule has 6 nitrogen and oxygen atoms in total. The lowest BCUT2D eigenvalue weighted by molar-refractivity contribution is -0.148. The molecule has 2 saturated carbocycles. The van der Waals surface area contributed by atoms with Crippen LogP contribution in [0.25, 0.3) is 0 Å². The number of esters is 2. The third-order valence-electron chi connectivity index (χ3n) is 4.21. The number of rotatable bonds is 4. The highest BCUT2D eigenvalue weighted by Crippen LogP contribution is 2.22. The van der Waals surface area contributed by atoms with Crippen molar-refractivity contribution in [3.8, 4) is 0 Å².